The minimum atomic E-state index is -3.50. The molecule has 0 aliphatic heterocycles. The number of nitrogens with one attached hydrogen (secondary N) is 1. The van der Waals surface area contributed by atoms with Gasteiger partial charge in [0.05, 0.1) is 23.9 Å². The summed E-state index contributed by atoms with van der Waals surface area (Å²) in [5.41, 5.74) is 1.08. The summed E-state index contributed by atoms with van der Waals surface area (Å²) < 4.78 is 30.9. The van der Waals surface area contributed by atoms with Gasteiger partial charge in [0, 0.05) is 0 Å². The lowest BCUT2D eigenvalue weighted by atomic mass is 10.2. The van der Waals surface area contributed by atoms with Crippen molar-refractivity contribution < 1.29 is 12.9 Å². The highest BCUT2D eigenvalue weighted by atomic mass is 32.2. The Balaban J connectivity index is 1.98. The number of nitrogens with zero attached hydrogens (tertiary/aromatic N) is 3. The SMILES string of the molecule is Cc1noc(CNS(=O)(=O)Cc2ccc(C#N)cc2)n1. The number of aryl methyl sites for hydroxylation is 1. The fourth-order valence-electron chi connectivity index (χ4n) is 1.53. The van der Waals surface area contributed by atoms with Gasteiger partial charge in [-0.1, -0.05) is 17.3 Å². The molecule has 1 aromatic heterocycles. The lowest BCUT2D eigenvalue weighted by Crippen LogP contribution is -2.24. The van der Waals surface area contributed by atoms with Gasteiger partial charge in [-0.05, 0) is 24.6 Å². The Morgan fingerprint density at radius 1 is 1.35 bits per heavy atom. The number of benzene rings is 1. The zero-order chi connectivity index (χ0) is 14.6. The summed E-state index contributed by atoms with van der Waals surface area (Å²) in [6, 6.07) is 8.34. The van der Waals surface area contributed by atoms with Crippen LogP contribution >= 0.6 is 0 Å². The van der Waals surface area contributed by atoms with Crippen molar-refractivity contribution >= 4 is 10.0 Å². The van der Waals surface area contributed by atoms with Gasteiger partial charge in [-0.2, -0.15) is 10.2 Å². The van der Waals surface area contributed by atoms with E-state index < -0.39 is 10.0 Å². The van der Waals surface area contributed by atoms with E-state index in [9.17, 15) is 8.42 Å². The lowest BCUT2D eigenvalue weighted by Gasteiger charge is -2.04. The van der Waals surface area contributed by atoms with Crippen molar-refractivity contribution in [2.45, 2.75) is 19.2 Å². The maximum atomic E-state index is 11.9. The number of hydrogen-bond acceptors (Lipinski definition) is 6. The largest absolute Gasteiger partial charge is 0.338 e. The fraction of sp³-hybridized carbons (Fsp3) is 0.250. The van der Waals surface area contributed by atoms with Gasteiger partial charge in [0.1, 0.15) is 0 Å². The van der Waals surface area contributed by atoms with Gasteiger partial charge in [0.25, 0.3) is 0 Å². The third-order valence-corrected chi connectivity index (χ3v) is 3.75. The molecule has 0 radical (unpaired) electrons. The molecule has 2 aromatic rings. The molecular weight excluding hydrogens is 280 g/mol. The quantitative estimate of drug-likeness (QED) is 0.875. The standard InChI is InChI=1S/C12H12N4O3S/c1-9-15-12(19-16-9)7-14-20(17,18)8-11-4-2-10(6-13)3-5-11/h2-5,14H,7-8H2,1H3. The molecule has 0 amide bonds. The molecule has 1 aromatic carbocycles. The molecule has 0 saturated carbocycles. The van der Waals surface area contributed by atoms with Crippen molar-refractivity contribution in [2.75, 3.05) is 0 Å². The van der Waals surface area contributed by atoms with Gasteiger partial charge in [-0.25, -0.2) is 13.1 Å². The lowest BCUT2D eigenvalue weighted by molar-refractivity contribution is 0.372. The molecule has 0 spiro atoms. The molecule has 0 aliphatic rings. The molecule has 0 atom stereocenters. The van der Waals surface area contributed by atoms with Gasteiger partial charge in [-0.15, -0.1) is 0 Å². The zero-order valence-corrected chi connectivity index (χ0v) is 11.5. The van der Waals surface area contributed by atoms with E-state index in [-0.39, 0.29) is 18.2 Å². The third-order valence-electron chi connectivity index (χ3n) is 2.45. The Hall–Kier alpha value is -2.24. The van der Waals surface area contributed by atoms with Gasteiger partial charge in [0.2, 0.25) is 15.9 Å². The first kappa shape index (κ1) is 14.2. The summed E-state index contributed by atoms with van der Waals surface area (Å²) in [5.74, 6) is 0.489. The molecule has 1 heterocycles. The van der Waals surface area contributed by atoms with Crippen LogP contribution in [0, 0.1) is 18.3 Å². The molecule has 0 bridgehead atoms. The molecule has 0 fully saturated rings. The first-order valence-electron chi connectivity index (χ1n) is 5.74. The van der Waals surface area contributed by atoms with E-state index in [1.165, 1.54) is 0 Å². The summed E-state index contributed by atoms with van der Waals surface area (Å²) in [5, 5.41) is 12.2. The highest BCUT2D eigenvalue weighted by molar-refractivity contribution is 7.88. The number of hydrogen-bond donors (Lipinski definition) is 1. The Bertz CT molecular complexity index is 729. The number of aromatic nitrogens is 2. The normalized spacial score (nSPS) is 11.2. The Kier molecular flexibility index (Phi) is 4.12. The van der Waals surface area contributed by atoms with Crippen LogP contribution < -0.4 is 4.72 Å². The minimum absolute atomic E-state index is 0.0422. The van der Waals surface area contributed by atoms with E-state index in [1.54, 1.807) is 31.2 Å². The molecule has 1 N–H and O–H groups in total. The number of rotatable bonds is 5. The fourth-order valence-corrected chi connectivity index (χ4v) is 2.61. The molecule has 2 rings (SSSR count). The highest BCUT2D eigenvalue weighted by Gasteiger charge is 2.13. The first-order valence-corrected chi connectivity index (χ1v) is 7.39. The van der Waals surface area contributed by atoms with Gasteiger partial charge < -0.3 is 4.52 Å². The molecule has 0 unspecified atom stereocenters. The molecule has 8 heteroatoms. The Morgan fingerprint density at radius 2 is 2.05 bits per heavy atom. The number of sulfonamides is 1. The summed E-state index contributed by atoms with van der Waals surface area (Å²) in [6.07, 6.45) is 0. The average molecular weight is 292 g/mol. The van der Waals surface area contributed by atoms with Crippen LogP contribution in [0.15, 0.2) is 28.8 Å². The van der Waals surface area contributed by atoms with Crippen molar-refractivity contribution in [1.29, 1.82) is 5.26 Å². The van der Waals surface area contributed by atoms with Crippen LogP contribution in [0.5, 0.6) is 0 Å². The van der Waals surface area contributed by atoms with E-state index in [4.69, 9.17) is 9.78 Å². The monoisotopic (exact) mass is 292 g/mol. The van der Waals surface area contributed by atoms with Crippen LogP contribution in [0.25, 0.3) is 0 Å². The van der Waals surface area contributed by atoms with Crippen LogP contribution in [0.2, 0.25) is 0 Å². The smallest absolute Gasteiger partial charge is 0.241 e. The molecule has 0 aliphatic carbocycles. The van der Waals surface area contributed by atoms with Crippen molar-refractivity contribution in [3.05, 3.63) is 47.1 Å². The van der Waals surface area contributed by atoms with Crippen LogP contribution in [-0.4, -0.2) is 18.6 Å². The second-order valence-corrected chi connectivity index (χ2v) is 5.93. The molecule has 0 saturated heterocycles. The third kappa shape index (κ3) is 3.88. The van der Waals surface area contributed by atoms with Gasteiger partial charge in [0.15, 0.2) is 5.82 Å². The molecular formula is C12H12N4O3S. The van der Waals surface area contributed by atoms with Gasteiger partial charge in [-0.3, -0.25) is 0 Å². The summed E-state index contributed by atoms with van der Waals surface area (Å²) in [7, 11) is -3.50. The van der Waals surface area contributed by atoms with Crippen LogP contribution in [0.3, 0.4) is 0 Å². The first-order chi connectivity index (χ1) is 9.48. The van der Waals surface area contributed by atoms with E-state index >= 15 is 0 Å². The van der Waals surface area contributed by atoms with E-state index in [1.807, 2.05) is 6.07 Å². The zero-order valence-electron chi connectivity index (χ0n) is 10.7. The molecule has 20 heavy (non-hydrogen) atoms. The van der Waals surface area contributed by atoms with Gasteiger partial charge >= 0.3 is 0 Å². The molecule has 104 valence electrons. The highest BCUT2D eigenvalue weighted by Crippen LogP contribution is 2.07. The maximum absolute atomic E-state index is 11.9. The minimum Gasteiger partial charge on any atom is -0.338 e. The van der Waals surface area contributed by atoms with Crippen LogP contribution in [0.4, 0.5) is 0 Å². The summed E-state index contributed by atoms with van der Waals surface area (Å²) in [4.78, 5) is 3.90. The van der Waals surface area contributed by atoms with Crippen LogP contribution in [-0.2, 0) is 22.3 Å². The second kappa shape index (κ2) is 5.81. The van der Waals surface area contributed by atoms with E-state index in [2.05, 4.69) is 14.9 Å². The summed E-state index contributed by atoms with van der Waals surface area (Å²) in [6.45, 7) is 1.61. The Morgan fingerprint density at radius 3 is 2.60 bits per heavy atom. The maximum Gasteiger partial charge on any atom is 0.241 e. The average Bonchev–Trinajstić information content (AvgIpc) is 2.83. The van der Waals surface area contributed by atoms with Crippen LogP contribution in [0.1, 0.15) is 22.8 Å². The van der Waals surface area contributed by atoms with Crippen molar-refractivity contribution in [2.24, 2.45) is 0 Å². The predicted molar refractivity (Wildman–Crippen MR) is 69.7 cm³/mol. The summed E-state index contributed by atoms with van der Waals surface area (Å²) >= 11 is 0. The topological polar surface area (TPSA) is 109 Å². The van der Waals surface area contributed by atoms with Crippen molar-refractivity contribution in [3.8, 4) is 6.07 Å². The van der Waals surface area contributed by atoms with Crippen molar-refractivity contribution in [1.82, 2.24) is 14.9 Å². The van der Waals surface area contributed by atoms with E-state index in [0.717, 1.165) is 0 Å². The Labute approximate surface area is 116 Å². The molecule has 7 nitrogen and oxygen atoms in total. The second-order valence-electron chi connectivity index (χ2n) is 4.12. The number of nitriles is 1. The van der Waals surface area contributed by atoms with E-state index in [0.29, 0.717) is 17.0 Å². The van der Waals surface area contributed by atoms with Crippen molar-refractivity contribution in [3.63, 3.8) is 0 Å². The predicted octanol–water partition coefficient (Wildman–Crippen LogP) is 0.869.